The first-order valence-corrected chi connectivity index (χ1v) is 38.5. The molecule has 106 heavy (non-hydrogen) atoms. The minimum absolute atomic E-state index is 0.00656. The maximum Gasteiger partial charge on any atom is 0.255 e. The molecule has 8 N–H and O–H groups in total. The first-order valence-electron chi connectivity index (χ1n) is 38.5. The number of carbonyl (C=O) groups excluding carboxylic acids is 8. The summed E-state index contributed by atoms with van der Waals surface area (Å²) in [4.78, 5) is 122. The van der Waals surface area contributed by atoms with Crippen LogP contribution in [0.5, 0.6) is 17.2 Å². The molecule has 13 bridgehead atoms. The number of carbonyl (C=O) groups is 8. The van der Waals surface area contributed by atoms with Crippen molar-refractivity contribution in [2.45, 2.75) is 189 Å². The summed E-state index contributed by atoms with van der Waals surface area (Å²) in [6.45, 7) is 22.8. The highest BCUT2D eigenvalue weighted by molar-refractivity contribution is 6.07. The quantitative estimate of drug-likeness (QED) is 0.0815. The molecule has 8 amide bonds. The van der Waals surface area contributed by atoms with Gasteiger partial charge in [-0.15, -0.1) is 0 Å². The second kappa shape index (κ2) is 33.5. The fraction of sp³-hybridized carbons (Fsp3) is 0.610. The van der Waals surface area contributed by atoms with Crippen LogP contribution in [0.25, 0.3) is 0 Å². The summed E-state index contributed by atoms with van der Waals surface area (Å²) in [6.07, 6.45) is 3.94. The van der Waals surface area contributed by atoms with Crippen molar-refractivity contribution in [3.05, 3.63) is 121 Å². The van der Waals surface area contributed by atoms with Crippen LogP contribution in [-0.4, -0.2) is 175 Å². The summed E-state index contributed by atoms with van der Waals surface area (Å²) >= 11 is 0. The summed E-state index contributed by atoms with van der Waals surface area (Å²) in [6, 6.07) is 10.2. The lowest BCUT2D eigenvalue weighted by Crippen LogP contribution is -2.53. The Bertz CT molecular complexity index is 3750. The third-order valence-electron chi connectivity index (χ3n) is 23.8. The number of fused-ring (bicyclic) bond motifs is 25. The van der Waals surface area contributed by atoms with Gasteiger partial charge in [0.2, 0.25) is 0 Å². The van der Waals surface area contributed by atoms with Crippen LogP contribution in [0.3, 0.4) is 0 Å². The topological polar surface area (TPSA) is 307 Å². The molecule has 4 aromatic rings. The minimum Gasteiger partial charge on any atom is -0.490 e. The van der Waals surface area contributed by atoms with Gasteiger partial charge >= 0.3 is 0 Å². The lowest BCUT2D eigenvalue weighted by atomic mass is 9.76. The Balaban J connectivity index is 1.02. The van der Waals surface area contributed by atoms with Gasteiger partial charge in [0.15, 0.2) is 0 Å². The van der Waals surface area contributed by atoms with E-state index in [0.29, 0.717) is 79.2 Å². The molecule has 4 heterocycles. The van der Waals surface area contributed by atoms with Crippen molar-refractivity contribution in [2.24, 2.45) is 52.8 Å². The predicted molar refractivity (Wildman–Crippen MR) is 397 cm³/mol. The van der Waals surface area contributed by atoms with Crippen LogP contribution in [0.15, 0.2) is 48.5 Å². The van der Waals surface area contributed by atoms with E-state index < -0.39 is 101 Å². The van der Waals surface area contributed by atoms with E-state index in [1.807, 2.05) is 27.7 Å². The molecule has 4 aliphatic carbocycles. The van der Waals surface area contributed by atoms with Crippen LogP contribution in [0.1, 0.15) is 217 Å². The molecule has 24 nitrogen and oxygen atoms in total. The van der Waals surface area contributed by atoms with Gasteiger partial charge in [0.25, 0.3) is 47.3 Å². The predicted octanol–water partition coefficient (Wildman–Crippen LogP) is 8.83. The van der Waals surface area contributed by atoms with E-state index in [1.165, 1.54) is 0 Å². The summed E-state index contributed by atoms with van der Waals surface area (Å²) in [5, 5.41) is 26.6. The SMILES string of the molecule is Cc1cc2c3c(c1)C(=O)NC1CC(NC(=O)c4cc(C)cc5c4OCCOCC4(COCCOC3)COCCOc3c(cc(C)cc3C(=O)NC3CC(NC(=O)c6cc(C)cc(c6OCCOC4)C(=O)NC4CC(NC5=O)C(C)CC4C)C(C)CC3C)C(=O)NC3CC(NC2=O)C(C)CC3C)C(C)CC1C. The molecule has 8 aliphatic rings. The van der Waals surface area contributed by atoms with E-state index in [1.54, 1.807) is 48.5 Å². The lowest BCUT2D eigenvalue weighted by Gasteiger charge is -2.40. The lowest BCUT2D eigenvalue weighted by molar-refractivity contribution is -0.116. The zero-order valence-corrected chi connectivity index (χ0v) is 63.7. The molecule has 4 aromatic carbocycles. The van der Waals surface area contributed by atoms with Crippen molar-refractivity contribution < 1.29 is 76.3 Å². The first-order chi connectivity index (χ1) is 50.7. The summed E-state index contributed by atoms with van der Waals surface area (Å²) < 4.78 is 53.2. The third-order valence-corrected chi connectivity index (χ3v) is 23.8. The molecule has 16 atom stereocenters. The highest BCUT2D eigenvalue weighted by atomic mass is 16.6. The molecular weight excluding hydrogens is 1350 g/mol. The third kappa shape index (κ3) is 17.7. The molecule has 574 valence electrons. The van der Waals surface area contributed by atoms with E-state index >= 15 is 38.4 Å². The molecule has 0 saturated heterocycles. The highest BCUT2D eigenvalue weighted by Crippen LogP contribution is 2.39. The van der Waals surface area contributed by atoms with Gasteiger partial charge in [-0.1, -0.05) is 55.4 Å². The molecule has 4 saturated carbocycles. The number of nitrogens with one attached hydrogen (secondary N) is 8. The molecule has 4 aliphatic heterocycles. The largest absolute Gasteiger partial charge is 0.490 e. The van der Waals surface area contributed by atoms with Crippen LogP contribution in [0, 0.1) is 80.5 Å². The fourth-order valence-electron chi connectivity index (χ4n) is 17.7. The smallest absolute Gasteiger partial charge is 0.255 e. The number of hydrogen-bond acceptors (Lipinski definition) is 16. The molecule has 0 aromatic heterocycles. The number of aryl methyl sites for hydroxylation is 4. The Morgan fingerprint density at radius 3 is 0.679 bits per heavy atom. The maximum absolute atomic E-state index is 15.3. The summed E-state index contributed by atoms with van der Waals surface area (Å²) in [5.74, 6) is -3.97. The van der Waals surface area contributed by atoms with Crippen molar-refractivity contribution in [1.29, 1.82) is 0 Å². The monoisotopic (exact) mass is 1460 g/mol. The van der Waals surface area contributed by atoms with Crippen LogP contribution in [0.2, 0.25) is 0 Å². The van der Waals surface area contributed by atoms with Crippen molar-refractivity contribution in [1.82, 2.24) is 42.5 Å². The second-order valence-electron chi connectivity index (χ2n) is 32.6. The molecule has 4 fully saturated rings. The van der Waals surface area contributed by atoms with Crippen LogP contribution in [0.4, 0.5) is 0 Å². The average molecular weight is 1460 g/mol. The second-order valence-corrected chi connectivity index (χ2v) is 32.6. The Kier molecular flexibility index (Phi) is 24.5. The number of benzene rings is 4. The Morgan fingerprint density at radius 1 is 0.264 bits per heavy atom. The Labute approximate surface area is 622 Å². The van der Waals surface area contributed by atoms with Gasteiger partial charge in [-0.05, 0) is 197 Å². The number of amides is 8. The van der Waals surface area contributed by atoms with Gasteiger partial charge in [0.05, 0.1) is 105 Å². The first kappa shape index (κ1) is 77.5. The number of rotatable bonds is 0. The molecule has 16 unspecified atom stereocenters. The van der Waals surface area contributed by atoms with Gasteiger partial charge in [-0.25, -0.2) is 0 Å². The standard InChI is InChI=1S/C82H110N8O16/c1-42-21-54-62-37-99-13-14-100-38-82-39-101-15-18-104-71-56(76(93)85-65-33-63(83-74(54)91)46(5)29-48(65)7)23-43(2)25-58(71)78(95)87-67-35-69(52(11)31-50(67)9)89-80(97)60-27-45(4)28-61(73(60)106-20-17-103-41-82)81(98)90-70-36-68(51(10)32-53(70)12)88-79(96)59-26-44(3)24-57(72(59)105-19-16-102-40-82)77(94)86-66-34-64(47(6)30-49(66)8)84-75(92)55(62)22-42/h21-28,46-53,63-70H,13-20,29-41H2,1-12H3,(H,83,91)(H,84,92)(H,85,93)(H,86,94)(H,87,95)(H,88,96)(H,89,97)(H,90,98). The van der Waals surface area contributed by atoms with Crippen molar-refractivity contribution in [3.8, 4) is 17.2 Å². The fourth-order valence-corrected chi connectivity index (χ4v) is 17.7. The highest BCUT2D eigenvalue weighted by Gasteiger charge is 2.43. The molecule has 0 radical (unpaired) electrons. The van der Waals surface area contributed by atoms with E-state index in [4.69, 9.17) is 37.9 Å². The van der Waals surface area contributed by atoms with Crippen LogP contribution >= 0.6 is 0 Å². The molecule has 12 rings (SSSR count). The van der Waals surface area contributed by atoms with Gasteiger partial charge < -0.3 is 80.4 Å². The Morgan fingerprint density at radius 2 is 0.453 bits per heavy atom. The Hall–Kier alpha value is -8.16. The van der Waals surface area contributed by atoms with Crippen molar-refractivity contribution in [2.75, 3.05) is 79.3 Å². The van der Waals surface area contributed by atoms with E-state index in [2.05, 4.69) is 97.9 Å². The zero-order chi connectivity index (χ0) is 75.4. The van der Waals surface area contributed by atoms with Gasteiger partial charge in [-0.2, -0.15) is 0 Å². The van der Waals surface area contributed by atoms with Crippen LogP contribution < -0.4 is 56.7 Å². The van der Waals surface area contributed by atoms with Crippen LogP contribution in [-0.2, 0) is 30.3 Å². The zero-order valence-electron chi connectivity index (χ0n) is 63.7. The molecule has 1 spiro atoms. The normalized spacial score (nSPS) is 32.2. The average Bonchev–Trinajstić information content (AvgIpc) is 0.808. The van der Waals surface area contributed by atoms with Gasteiger partial charge in [-0.3, -0.25) is 38.4 Å². The number of hydrogen-bond donors (Lipinski definition) is 8. The molecular formula is C82H110N8O16. The van der Waals surface area contributed by atoms with Gasteiger partial charge in [0.1, 0.15) is 37.1 Å². The minimum atomic E-state index is -1.18. The summed E-state index contributed by atoms with van der Waals surface area (Å²) in [7, 11) is 0. The number of ether oxygens (including phenoxy) is 8. The van der Waals surface area contributed by atoms with E-state index in [9.17, 15) is 0 Å². The van der Waals surface area contributed by atoms with E-state index in [0.717, 1.165) is 0 Å². The van der Waals surface area contributed by atoms with Gasteiger partial charge in [0, 0.05) is 65.0 Å². The van der Waals surface area contributed by atoms with Crippen molar-refractivity contribution in [3.63, 3.8) is 0 Å². The summed E-state index contributed by atoms with van der Waals surface area (Å²) in [5.41, 5.74) is 2.95. The van der Waals surface area contributed by atoms with Crippen molar-refractivity contribution >= 4 is 47.3 Å². The maximum atomic E-state index is 15.3. The van der Waals surface area contributed by atoms with E-state index in [-0.39, 0.29) is 195 Å². The molecule has 24 heteroatoms.